The van der Waals surface area contributed by atoms with Crippen LogP contribution in [0.3, 0.4) is 0 Å². The maximum Gasteiger partial charge on any atom is 0.316 e. The van der Waals surface area contributed by atoms with Gasteiger partial charge in [0.15, 0.2) is 0 Å². The number of thioether (sulfide) groups is 1. The fourth-order valence-corrected chi connectivity index (χ4v) is 2.15. The zero-order valence-electron chi connectivity index (χ0n) is 11.5. The van der Waals surface area contributed by atoms with Crippen LogP contribution in [0.5, 0.6) is 0 Å². The topological polar surface area (TPSA) is 54.0 Å². The Hall–Kier alpha value is -0.300. The van der Waals surface area contributed by atoms with Crippen molar-refractivity contribution in [3.63, 3.8) is 0 Å². The molecule has 0 aromatic heterocycles. The number of carbonyl (C=O) groups is 1. The van der Waals surface area contributed by atoms with E-state index in [1.807, 2.05) is 11.8 Å². The molecule has 0 radical (unpaired) electrons. The Balaban J connectivity index is 2.17. The second-order valence-electron chi connectivity index (χ2n) is 5.60. The first-order valence-electron chi connectivity index (χ1n) is 6.06. The molecule has 1 rings (SSSR count). The molecule has 18 heavy (non-hydrogen) atoms. The van der Waals surface area contributed by atoms with Gasteiger partial charge >= 0.3 is 5.97 Å². The molecular formula is C12H22O5S. The largest absolute Gasteiger partial charge is 0.465 e. The number of ether oxygens (including phenoxy) is 1. The first kappa shape index (κ1) is 15.8. The van der Waals surface area contributed by atoms with Gasteiger partial charge in [-0.3, -0.25) is 4.79 Å². The van der Waals surface area contributed by atoms with Crippen LogP contribution in [-0.4, -0.2) is 36.3 Å². The molecular weight excluding hydrogens is 256 g/mol. The van der Waals surface area contributed by atoms with Crippen LogP contribution >= 0.6 is 11.8 Å². The standard InChI is InChI=1S/C12H22O5S/c1-11(2,3)18-7-5-6-14-10(13)12(4)8-15-17-16-9-12/h5-9H2,1-4H3. The van der Waals surface area contributed by atoms with E-state index in [2.05, 4.69) is 35.6 Å². The van der Waals surface area contributed by atoms with Crippen molar-refractivity contribution in [3.8, 4) is 0 Å². The van der Waals surface area contributed by atoms with Crippen molar-refractivity contribution in [1.82, 2.24) is 0 Å². The van der Waals surface area contributed by atoms with Gasteiger partial charge in [-0.2, -0.15) is 11.8 Å². The van der Waals surface area contributed by atoms with Gasteiger partial charge < -0.3 is 4.74 Å². The summed E-state index contributed by atoms with van der Waals surface area (Å²) in [5.41, 5.74) is -0.768. The predicted molar refractivity (Wildman–Crippen MR) is 68.9 cm³/mol. The lowest BCUT2D eigenvalue weighted by Crippen LogP contribution is -2.42. The molecule has 0 aromatic carbocycles. The van der Waals surface area contributed by atoms with Crippen LogP contribution in [0.4, 0.5) is 0 Å². The van der Waals surface area contributed by atoms with Gasteiger partial charge in [-0.1, -0.05) is 25.8 Å². The smallest absolute Gasteiger partial charge is 0.316 e. The minimum Gasteiger partial charge on any atom is -0.465 e. The van der Waals surface area contributed by atoms with E-state index < -0.39 is 5.41 Å². The van der Waals surface area contributed by atoms with E-state index >= 15 is 0 Å². The lowest BCUT2D eigenvalue weighted by Gasteiger charge is -2.28. The molecule has 1 saturated heterocycles. The Labute approximate surface area is 112 Å². The van der Waals surface area contributed by atoms with Crippen LogP contribution in [-0.2, 0) is 24.3 Å². The normalized spacial score (nSPS) is 19.6. The molecule has 0 spiro atoms. The summed E-state index contributed by atoms with van der Waals surface area (Å²) in [5, 5.41) is 4.28. The molecule has 106 valence electrons. The molecule has 5 nitrogen and oxygen atoms in total. The number of carbonyl (C=O) groups excluding carboxylic acids is 1. The molecule has 0 aliphatic carbocycles. The van der Waals surface area contributed by atoms with E-state index in [1.165, 1.54) is 0 Å². The van der Waals surface area contributed by atoms with Gasteiger partial charge in [-0.05, 0) is 19.1 Å². The van der Waals surface area contributed by atoms with Crippen LogP contribution in [0.15, 0.2) is 0 Å². The van der Waals surface area contributed by atoms with Gasteiger partial charge in [0, 0.05) is 4.75 Å². The van der Waals surface area contributed by atoms with Gasteiger partial charge in [-0.15, -0.1) is 0 Å². The van der Waals surface area contributed by atoms with E-state index in [1.54, 1.807) is 6.92 Å². The number of hydrogen-bond donors (Lipinski definition) is 0. The third-order valence-electron chi connectivity index (χ3n) is 2.40. The molecule has 1 heterocycles. The van der Waals surface area contributed by atoms with Crippen molar-refractivity contribution in [2.45, 2.75) is 38.9 Å². The maximum absolute atomic E-state index is 11.8. The summed E-state index contributed by atoms with van der Waals surface area (Å²) in [5.74, 6) is 0.676. The minimum atomic E-state index is -0.768. The number of esters is 1. The molecule has 1 aliphatic rings. The summed E-state index contributed by atoms with van der Waals surface area (Å²) >= 11 is 1.86. The predicted octanol–water partition coefficient (Wildman–Crippen LogP) is 2.35. The third-order valence-corrected chi connectivity index (χ3v) is 3.76. The fraction of sp³-hybridized carbons (Fsp3) is 0.917. The Morgan fingerprint density at radius 2 is 1.94 bits per heavy atom. The third kappa shape index (κ3) is 5.56. The van der Waals surface area contributed by atoms with Gasteiger partial charge in [0.05, 0.1) is 6.61 Å². The molecule has 0 unspecified atom stereocenters. The summed E-state index contributed by atoms with van der Waals surface area (Å²) in [6.07, 6.45) is 0.849. The van der Waals surface area contributed by atoms with E-state index in [0.717, 1.165) is 12.2 Å². The zero-order chi connectivity index (χ0) is 13.6. The first-order valence-corrected chi connectivity index (χ1v) is 7.04. The van der Waals surface area contributed by atoms with Crippen LogP contribution in [0, 0.1) is 5.41 Å². The second-order valence-corrected chi connectivity index (χ2v) is 7.53. The van der Waals surface area contributed by atoms with E-state index in [-0.39, 0.29) is 23.9 Å². The molecule has 0 amide bonds. The lowest BCUT2D eigenvalue weighted by molar-refractivity contribution is -0.546. The molecule has 1 aliphatic heterocycles. The quantitative estimate of drug-likeness (QED) is 0.437. The molecule has 0 aromatic rings. The van der Waals surface area contributed by atoms with Crippen LogP contribution in [0.25, 0.3) is 0 Å². The monoisotopic (exact) mass is 278 g/mol. The summed E-state index contributed by atoms with van der Waals surface area (Å²) in [7, 11) is 0. The second kappa shape index (κ2) is 6.75. The highest BCUT2D eigenvalue weighted by Gasteiger charge is 2.39. The summed E-state index contributed by atoms with van der Waals surface area (Å²) < 4.78 is 5.48. The van der Waals surface area contributed by atoms with Gasteiger partial charge in [-0.25, -0.2) is 9.78 Å². The highest BCUT2D eigenvalue weighted by Crippen LogP contribution is 2.25. The van der Waals surface area contributed by atoms with Crippen LogP contribution in [0.2, 0.25) is 0 Å². The SMILES string of the molecule is CC(C)(C)SCCCOC(=O)C1(C)COOOC1. The van der Waals surface area contributed by atoms with Crippen molar-refractivity contribution in [2.75, 3.05) is 25.6 Å². The molecule has 0 saturated carbocycles. The highest BCUT2D eigenvalue weighted by atomic mass is 32.2. The molecule has 6 heteroatoms. The summed E-state index contributed by atoms with van der Waals surface area (Å²) in [4.78, 5) is 21.1. The van der Waals surface area contributed by atoms with Gasteiger partial charge in [0.25, 0.3) is 0 Å². The molecule has 0 N–H and O–H groups in total. The Bertz CT molecular complexity index is 268. The van der Waals surface area contributed by atoms with Crippen molar-refractivity contribution < 1.29 is 24.3 Å². The van der Waals surface area contributed by atoms with Crippen LogP contribution < -0.4 is 0 Å². The minimum absolute atomic E-state index is 0.155. The van der Waals surface area contributed by atoms with Gasteiger partial charge in [0.1, 0.15) is 18.6 Å². The van der Waals surface area contributed by atoms with Crippen molar-refractivity contribution in [3.05, 3.63) is 0 Å². The molecule has 0 atom stereocenters. The average molecular weight is 278 g/mol. The van der Waals surface area contributed by atoms with E-state index in [4.69, 9.17) is 4.74 Å². The Kier molecular flexibility index (Phi) is 5.91. The summed E-state index contributed by atoms with van der Waals surface area (Å²) in [6, 6.07) is 0. The van der Waals surface area contributed by atoms with Crippen molar-refractivity contribution in [2.24, 2.45) is 5.41 Å². The van der Waals surface area contributed by atoms with Crippen molar-refractivity contribution >= 4 is 17.7 Å². The van der Waals surface area contributed by atoms with E-state index in [9.17, 15) is 4.79 Å². The number of rotatable bonds is 5. The first-order chi connectivity index (χ1) is 8.33. The fourth-order valence-electron chi connectivity index (χ4n) is 1.28. The average Bonchev–Trinajstić information content (AvgIpc) is 2.27. The van der Waals surface area contributed by atoms with Crippen LogP contribution in [0.1, 0.15) is 34.1 Å². The maximum atomic E-state index is 11.8. The number of hydrogen-bond acceptors (Lipinski definition) is 6. The summed E-state index contributed by atoms with van der Waals surface area (Å²) in [6.45, 7) is 8.98. The molecule has 1 fully saturated rings. The zero-order valence-corrected chi connectivity index (χ0v) is 12.3. The Morgan fingerprint density at radius 3 is 2.50 bits per heavy atom. The van der Waals surface area contributed by atoms with Gasteiger partial charge in [0.2, 0.25) is 0 Å². The lowest BCUT2D eigenvalue weighted by atomic mass is 9.93. The highest BCUT2D eigenvalue weighted by molar-refractivity contribution is 8.00. The van der Waals surface area contributed by atoms with Crippen molar-refractivity contribution in [1.29, 1.82) is 0 Å². The molecule has 0 bridgehead atoms. The van der Waals surface area contributed by atoms with E-state index in [0.29, 0.717) is 6.61 Å². The Morgan fingerprint density at radius 1 is 1.33 bits per heavy atom.